The Kier molecular flexibility index (Phi) is 6.49. The average molecular weight is 379 g/mol. The van der Waals surface area contributed by atoms with Crippen molar-refractivity contribution in [2.75, 3.05) is 13.2 Å². The molecule has 0 radical (unpaired) electrons. The number of carbonyl (C=O) groups excluding carboxylic acids is 3. The van der Waals surface area contributed by atoms with Crippen molar-refractivity contribution < 1.29 is 33.6 Å². The standard InChI is InChI=1S/C14H13N5O8/c15-17-16-5-6-25-10-1-2-11(19(23)24)9(7-10)8-26-14(22)27-18-12(20)3-4-13(18)21/h1-2,7H,3-6,8H2. The van der Waals surface area contributed by atoms with Crippen LogP contribution in [0.2, 0.25) is 0 Å². The Morgan fingerprint density at radius 3 is 2.67 bits per heavy atom. The van der Waals surface area contributed by atoms with Gasteiger partial charge in [0.1, 0.15) is 12.4 Å². The van der Waals surface area contributed by atoms with Crippen LogP contribution in [0.5, 0.6) is 5.75 Å². The molecule has 0 unspecified atom stereocenters. The van der Waals surface area contributed by atoms with Gasteiger partial charge in [-0.2, -0.15) is 0 Å². The number of imide groups is 1. The Labute approximate surface area is 151 Å². The van der Waals surface area contributed by atoms with Crippen molar-refractivity contribution >= 4 is 23.7 Å². The molecule has 13 heteroatoms. The van der Waals surface area contributed by atoms with E-state index >= 15 is 0 Å². The molecule has 1 aliphatic rings. The van der Waals surface area contributed by atoms with Crippen LogP contribution in [0.4, 0.5) is 10.5 Å². The first kappa shape index (κ1) is 19.5. The summed E-state index contributed by atoms with van der Waals surface area (Å²) in [5.74, 6) is -1.14. The largest absolute Gasteiger partial charge is 0.534 e. The van der Waals surface area contributed by atoms with E-state index in [1.807, 2.05) is 0 Å². The Bertz CT molecular complexity index is 804. The van der Waals surface area contributed by atoms with Crippen molar-refractivity contribution in [1.82, 2.24) is 5.06 Å². The van der Waals surface area contributed by atoms with Crippen LogP contribution in [-0.2, 0) is 25.8 Å². The van der Waals surface area contributed by atoms with Gasteiger partial charge in [0.2, 0.25) is 0 Å². The number of hydrogen-bond acceptors (Lipinski definition) is 9. The zero-order valence-corrected chi connectivity index (χ0v) is 13.8. The Morgan fingerprint density at radius 2 is 2.04 bits per heavy atom. The highest BCUT2D eigenvalue weighted by atomic mass is 16.8. The third-order valence-corrected chi connectivity index (χ3v) is 3.29. The second-order valence-electron chi connectivity index (χ2n) is 5.06. The molecule has 0 aliphatic carbocycles. The van der Waals surface area contributed by atoms with E-state index in [2.05, 4.69) is 14.9 Å². The predicted octanol–water partition coefficient (Wildman–Crippen LogP) is 2.00. The van der Waals surface area contributed by atoms with E-state index < -0.39 is 29.5 Å². The Hall–Kier alpha value is -3.86. The first-order valence-corrected chi connectivity index (χ1v) is 7.54. The molecule has 1 aliphatic heterocycles. The van der Waals surface area contributed by atoms with Crippen molar-refractivity contribution in [1.29, 1.82) is 0 Å². The summed E-state index contributed by atoms with van der Waals surface area (Å²) in [5, 5.41) is 14.7. The first-order valence-electron chi connectivity index (χ1n) is 7.54. The molecule has 0 saturated carbocycles. The molecular weight excluding hydrogens is 366 g/mol. The van der Waals surface area contributed by atoms with Crippen LogP contribution >= 0.6 is 0 Å². The lowest BCUT2D eigenvalue weighted by Crippen LogP contribution is -2.32. The third-order valence-electron chi connectivity index (χ3n) is 3.29. The summed E-state index contributed by atoms with van der Waals surface area (Å²) in [6, 6.07) is 3.76. The number of rotatable bonds is 8. The van der Waals surface area contributed by atoms with Gasteiger partial charge in [0.25, 0.3) is 17.5 Å². The molecular formula is C14H13N5O8. The highest BCUT2D eigenvalue weighted by Gasteiger charge is 2.33. The minimum Gasteiger partial charge on any atom is -0.493 e. The maximum Gasteiger partial charge on any atom is 0.534 e. The van der Waals surface area contributed by atoms with Gasteiger partial charge in [-0.3, -0.25) is 24.5 Å². The highest BCUT2D eigenvalue weighted by molar-refractivity contribution is 6.01. The number of hydrogen-bond donors (Lipinski definition) is 0. The number of benzene rings is 1. The molecule has 2 amide bonds. The molecule has 1 fully saturated rings. The van der Waals surface area contributed by atoms with Gasteiger partial charge in [-0.15, -0.1) is 0 Å². The SMILES string of the molecule is [N-]=[N+]=NCCOc1ccc([N+](=O)[O-])c(COC(=O)ON2C(=O)CCC2=O)c1. The van der Waals surface area contributed by atoms with Crippen LogP contribution in [0.15, 0.2) is 23.3 Å². The number of hydroxylamine groups is 2. The van der Waals surface area contributed by atoms with Crippen molar-refractivity contribution in [2.24, 2.45) is 5.11 Å². The van der Waals surface area contributed by atoms with Crippen molar-refractivity contribution in [3.05, 3.63) is 44.3 Å². The number of amides is 2. The predicted molar refractivity (Wildman–Crippen MR) is 85.0 cm³/mol. The fourth-order valence-electron chi connectivity index (χ4n) is 2.09. The molecule has 142 valence electrons. The zero-order valence-electron chi connectivity index (χ0n) is 13.8. The smallest absolute Gasteiger partial charge is 0.493 e. The van der Waals surface area contributed by atoms with Gasteiger partial charge < -0.3 is 9.47 Å². The molecule has 0 N–H and O–H groups in total. The van der Waals surface area contributed by atoms with Crippen LogP contribution in [0, 0.1) is 10.1 Å². The van der Waals surface area contributed by atoms with E-state index in [0.29, 0.717) is 5.06 Å². The maximum absolute atomic E-state index is 11.6. The van der Waals surface area contributed by atoms with E-state index in [4.69, 9.17) is 15.0 Å². The molecule has 2 rings (SSSR count). The van der Waals surface area contributed by atoms with E-state index in [9.17, 15) is 24.5 Å². The molecule has 0 bridgehead atoms. The number of ether oxygens (including phenoxy) is 2. The van der Waals surface area contributed by atoms with Gasteiger partial charge in [-0.25, -0.2) is 4.79 Å². The summed E-state index contributed by atoms with van der Waals surface area (Å²) >= 11 is 0. The lowest BCUT2D eigenvalue weighted by Gasteiger charge is -2.13. The van der Waals surface area contributed by atoms with E-state index in [-0.39, 0.29) is 43.0 Å². The normalized spacial score (nSPS) is 13.1. The minimum atomic E-state index is -1.36. The van der Waals surface area contributed by atoms with Crippen molar-refractivity contribution in [2.45, 2.75) is 19.4 Å². The summed E-state index contributed by atoms with van der Waals surface area (Å²) in [4.78, 5) is 51.8. The van der Waals surface area contributed by atoms with Gasteiger partial charge in [0.15, 0.2) is 0 Å². The van der Waals surface area contributed by atoms with Gasteiger partial charge >= 0.3 is 6.16 Å². The van der Waals surface area contributed by atoms with E-state index in [0.717, 1.165) is 6.07 Å². The van der Waals surface area contributed by atoms with Gasteiger partial charge in [-0.05, 0) is 17.7 Å². The second kappa shape index (κ2) is 9.01. The molecule has 0 aromatic heterocycles. The fourth-order valence-corrected chi connectivity index (χ4v) is 2.09. The first-order chi connectivity index (χ1) is 12.9. The molecule has 1 heterocycles. The topological polar surface area (TPSA) is 174 Å². The Morgan fingerprint density at radius 1 is 1.33 bits per heavy atom. The number of azide groups is 1. The average Bonchev–Trinajstić information content (AvgIpc) is 2.95. The minimum absolute atomic E-state index is 0.00249. The molecule has 0 spiro atoms. The van der Waals surface area contributed by atoms with Crippen molar-refractivity contribution in [3.63, 3.8) is 0 Å². The van der Waals surface area contributed by atoms with Crippen LogP contribution in [0.25, 0.3) is 10.4 Å². The highest BCUT2D eigenvalue weighted by Crippen LogP contribution is 2.25. The summed E-state index contributed by atoms with van der Waals surface area (Å²) in [6.45, 7) is -0.453. The molecule has 0 atom stereocenters. The molecule has 1 saturated heterocycles. The van der Waals surface area contributed by atoms with E-state index in [1.54, 1.807) is 0 Å². The molecule has 1 aromatic carbocycles. The van der Waals surface area contributed by atoms with Gasteiger partial charge in [0.05, 0.1) is 23.6 Å². The molecule has 13 nitrogen and oxygen atoms in total. The summed E-state index contributed by atoms with van der Waals surface area (Å²) in [7, 11) is 0. The lowest BCUT2D eigenvalue weighted by molar-refractivity contribution is -0.385. The zero-order chi connectivity index (χ0) is 19.8. The quantitative estimate of drug-likeness (QED) is 0.0962. The molecule has 1 aromatic rings. The van der Waals surface area contributed by atoms with Crippen LogP contribution in [-0.4, -0.2) is 41.1 Å². The van der Waals surface area contributed by atoms with Gasteiger partial charge in [0, 0.05) is 23.8 Å². The third kappa shape index (κ3) is 5.31. The van der Waals surface area contributed by atoms with Crippen LogP contribution in [0.3, 0.4) is 0 Å². The summed E-state index contributed by atoms with van der Waals surface area (Å²) in [6.07, 6.45) is -1.51. The monoisotopic (exact) mass is 379 g/mol. The fraction of sp³-hybridized carbons (Fsp3) is 0.357. The number of nitrogens with zero attached hydrogens (tertiary/aromatic N) is 5. The van der Waals surface area contributed by atoms with Crippen LogP contribution < -0.4 is 4.74 Å². The van der Waals surface area contributed by atoms with Crippen molar-refractivity contribution in [3.8, 4) is 5.75 Å². The maximum atomic E-state index is 11.6. The number of carbonyl (C=O) groups is 3. The van der Waals surface area contributed by atoms with E-state index in [1.165, 1.54) is 12.1 Å². The molecule has 27 heavy (non-hydrogen) atoms. The number of nitro groups is 1. The lowest BCUT2D eigenvalue weighted by atomic mass is 10.2. The summed E-state index contributed by atoms with van der Waals surface area (Å²) in [5.41, 5.74) is 7.85. The Balaban J connectivity index is 2.00. The second-order valence-corrected chi connectivity index (χ2v) is 5.06. The van der Waals surface area contributed by atoms with Gasteiger partial charge in [-0.1, -0.05) is 10.2 Å². The van der Waals surface area contributed by atoms with Crippen LogP contribution in [0.1, 0.15) is 18.4 Å². The summed E-state index contributed by atoms with van der Waals surface area (Å²) < 4.78 is 10.0. The number of nitro benzene ring substituents is 1.